The molecule has 2 fully saturated rings. The Balaban J connectivity index is 0.000000493. The van der Waals surface area contributed by atoms with Crippen molar-refractivity contribution in [1.29, 1.82) is 0 Å². The fourth-order valence-electron chi connectivity index (χ4n) is 6.42. The monoisotopic (exact) mass is 803 g/mol. The molecule has 3 aromatic heterocycles. The van der Waals surface area contributed by atoms with Crippen molar-refractivity contribution < 1.29 is 31.8 Å². The third-order valence-electron chi connectivity index (χ3n) is 9.74. The summed E-state index contributed by atoms with van der Waals surface area (Å²) in [6.45, 7) is 4.52. The molecule has 9 rings (SSSR count). The molecule has 15 heteroatoms. The van der Waals surface area contributed by atoms with Gasteiger partial charge in [-0.1, -0.05) is 29.8 Å². The molecule has 1 amide bonds. The maximum Gasteiger partial charge on any atom is 0.386 e. The van der Waals surface area contributed by atoms with Crippen molar-refractivity contribution in [3.63, 3.8) is 0 Å². The Hall–Kier alpha value is -5.31. The van der Waals surface area contributed by atoms with E-state index < -0.39 is 12.0 Å². The number of imidazole rings is 1. The number of ether oxygens (including phenoxy) is 2. The fraction of sp³-hybridized carbons (Fsp3) is 0.333. The van der Waals surface area contributed by atoms with E-state index >= 15 is 0 Å². The number of rotatable bonds is 9. The van der Waals surface area contributed by atoms with Crippen LogP contribution in [0.1, 0.15) is 71.7 Å². The first-order valence-corrected chi connectivity index (χ1v) is 19.1. The third-order valence-corrected chi connectivity index (χ3v) is 9.98. The van der Waals surface area contributed by atoms with Gasteiger partial charge in [0.2, 0.25) is 5.88 Å². The smallest absolute Gasteiger partial charge is 0.386 e. The van der Waals surface area contributed by atoms with Crippen molar-refractivity contribution in [1.82, 2.24) is 29.6 Å². The van der Waals surface area contributed by atoms with E-state index in [1.54, 1.807) is 18.2 Å². The number of amides is 1. The van der Waals surface area contributed by atoms with E-state index in [0.29, 0.717) is 34.5 Å². The molecule has 0 radical (unpaired) electrons. The molecule has 298 valence electrons. The number of alkyl halides is 3. The average Bonchev–Trinajstić information content (AvgIpc) is 3.83. The minimum absolute atomic E-state index is 0.0693. The third kappa shape index (κ3) is 10.6. The zero-order valence-electron chi connectivity index (χ0n) is 31.5. The molecule has 1 saturated carbocycles. The van der Waals surface area contributed by atoms with Crippen molar-refractivity contribution in [2.75, 3.05) is 31.6 Å². The largest absolute Gasteiger partial charge is 0.473 e. The number of nitrogens with zero attached hydrogens (tertiary/aromatic N) is 5. The number of H-pyrrole nitrogens is 1. The molecule has 57 heavy (non-hydrogen) atoms. The van der Waals surface area contributed by atoms with Gasteiger partial charge in [0.25, 0.3) is 5.91 Å². The minimum atomic E-state index is -4.00. The lowest BCUT2D eigenvalue weighted by Crippen LogP contribution is -2.29. The second-order valence-electron chi connectivity index (χ2n) is 14.2. The SMILES string of the molecule is C1COC1.CC(F)(F)F.Cn1c(CN2CC=C(c3cccc(OCc4ccc(Cl)cc4F)n3)CC2)nc2cc(C(=O)Nc3ccc4n[nH]c(C5CC5)c4c3)ccc21. The zero-order chi connectivity index (χ0) is 40.1. The topological polar surface area (TPSA) is 110 Å². The van der Waals surface area contributed by atoms with Gasteiger partial charge in [0.05, 0.1) is 28.8 Å². The molecule has 0 unspecified atom stereocenters. The molecule has 6 aromatic rings. The Bertz CT molecular complexity index is 2390. The second kappa shape index (κ2) is 17.5. The normalized spacial score (nSPS) is 15.5. The van der Waals surface area contributed by atoms with Crippen LogP contribution in [0.15, 0.2) is 78.9 Å². The number of halogens is 5. The summed E-state index contributed by atoms with van der Waals surface area (Å²) in [5, 5.41) is 12.1. The van der Waals surface area contributed by atoms with Crippen LogP contribution in [-0.2, 0) is 24.9 Å². The minimum Gasteiger partial charge on any atom is -0.473 e. The molecule has 2 N–H and O–H groups in total. The standard InChI is InChI=1S/C37H33ClFN7O2.C3H6O.C2H3F3/c1-45-33-12-8-24(37(47)40-27-10-11-31-28(19-27)36(44-43-31)23-5-6-23)17-32(33)41-34(45)20-46-15-13-22(14-16-46)30-3-2-4-35(42-30)48-21-25-7-9-26(38)18-29(25)39;1-2-4-3-1;1-2(3,4)5/h2-4,7-13,17-19,23H,5-6,14-16,20-21H2,1H3,(H,40,47)(H,43,44);1-3H2;1H3. The van der Waals surface area contributed by atoms with Crippen molar-refractivity contribution in [3.8, 4) is 5.88 Å². The van der Waals surface area contributed by atoms with Crippen LogP contribution in [0.4, 0.5) is 23.2 Å². The van der Waals surface area contributed by atoms with Gasteiger partial charge in [0.1, 0.15) is 18.2 Å². The highest BCUT2D eigenvalue weighted by Crippen LogP contribution is 2.42. The Labute approximate surface area is 331 Å². The highest BCUT2D eigenvalue weighted by atomic mass is 35.5. The van der Waals surface area contributed by atoms with Gasteiger partial charge in [-0.25, -0.2) is 14.4 Å². The predicted molar refractivity (Wildman–Crippen MR) is 212 cm³/mol. The predicted octanol–water partition coefficient (Wildman–Crippen LogP) is 9.61. The quantitative estimate of drug-likeness (QED) is 0.140. The summed E-state index contributed by atoms with van der Waals surface area (Å²) in [5.41, 5.74) is 7.56. The Morgan fingerprint density at radius 1 is 1.04 bits per heavy atom. The first kappa shape index (κ1) is 39.9. The maximum atomic E-state index is 14.2. The molecule has 0 bridgehead atoms. The van der Waals surface area contributed by atoms with Crippen molar-refractivity contribution in [2.24, 2.45) is 7.05 Å². The molecular formula is C42H42ClF4N7O3. The Morgan fingerprint density at radius 2 is 1.81 bits per heavy atom. The number of benzene rings is 3. The van der Waals surface area contributed by atoms with E-state index in [1.807, 2.05) is 55.6 Å². The van der Waals surface area contributed by atoms with Crippen LogP contribution in [0.25, 0.3) is 27.5 Å². The summed E-state index contributed by atoms with van der Waals surface area (Å²) in [4.78, 5) is 25.2. The summed E-state index contributed by atoms with van der Waals surface area (Å²) in [5.74, 6) is 1.34. The lowest BCUT2D eigenvalue weighted by atomic mass is 10.0. The number of carbonyl (C=O) groups excluding carboxylic acids is 1. The number of pyridine rings is 1. The van der Waals surface area contributed by atoms with E-state index in [4.69, 9.17) is 26.1 Å². The molecule has 2 aliphatic heterocycles. The van der Waals surface area contributed by atoms with E-state index in [1.165, 1.54) is 25.3 Å². The number of aromatic nitrogens is 5. The average molecular weight is 804 g/mol. The van der Waals surface area contributed by atoms with Gasteiger partial charge in [-0.2, -0.15) is 18.3 Å². The van der Waals surface area contributed by atoms with Crippen LogP contribution in [0.5, 0.6) is 5.88 Å². The van der Waals surface area contributed by atoms with E-state index in [2.05, 4.69) is 36.0 Å². The summed E-state index contributed by atoms with van der Waals surface area (Å²) in [6.07, 6.45) is 2.64. The van der Waals surface area contributed by atoms with Gasteiger partial charge < -0.3 is 19.4 Å². The zero-order valence-corrected chi connectivity index (χ0v) is 32.3. The Kier molecular flexibility index (Phi) is 12.2. The van der Waals surface area contributed by atoms with E-state index in [9.17, 15) is 22.4 Å². The first-order valence-electron chi connectivity index (χ1n) is 18.7. The molecule has 1 aliphatic carbocycles. The number of nitrogens with one attached hydrogen (secondary N) is 2. The second-order valence-corrected chi connectivity index (χ2v) is 14.7. The van der Waals surface area contributed by atoms with Crippen LogP contribution in [0, 0.1) is 5.82 Å². The number of anilines is 1. The number of aryl methyl sites for hydroxylation is 1. The Morgan fingerprint density at radius 3 is 2.49 bits per heavy atom. The summed E-state index contributed by atoms with van der Waals surface area (Å²) < 4.78 is 57.8. The highest BCUT2D eigenvalue weighted by molar-refractivity contribution is 6.30. The first-order chi connectivity index (χ1) is 27.4. The molecular weight excluding hydrogens is 762 g/mol. The summed E-state index contributed by atoms with van der Waals surface area (Å²) in [6, 6.07) is 21.7. The van der Waals surface area contributed by atoms with Gasteiger partial charge in [0, 0.05) is 85.2 Å². The van der Waals surface area contributed by atoms with Crippen LogP contribution >= 0.6 is 11.6 Å². The molecule has 0 atom stereocenters. The maximum absolute atomic E-state index is 14.2. The molecule has 0 spiro atoms. The van der Waals surface area contributed by atoms with E-state index in [0.717, 1.165) is 83.1 Å². The summed E-state index contributed by atoms with van der Waals surface area (Å²) in [7, 11) is 2.01. The van der Waals surface area contributed by atoms with Crippen LogP contribution in [-0.4, -0.2) is 68.0 Å². The van der Waals surface area contributed by atoms with Gasteiger partial charge >= 0.3 is 6.18 Å². The lowest BCUT2D eigenvalue weighted by molar-refractivity contribution is -0.110. The van der Waals surface area contributed by atoms with Crippen molar-refractivity contribution >= 4 is 50.7 Å². The molecule has 3 aromatic carbocycles. The molecule has 3 aliphatic rings. The number of hydrogen-bond acceptors (Lipinski definition) is 7. The van der Waals surface area contributed by atoms with Crippen molar-refractivity contribution in [3.05, 3.63) is 118 Å². The van der Waals surface area contributed by atoms with E-state index in [-0.39, 0.29) is 19.4 Å². The molecule has 10 nitrogen and oxygen atoms in total. The number of fused-ring (bicyclic) bond motifs is 2. The lowest BCUT2D eigenvalue weighted by Gasteiger charge is -2.25. The number of aromatic amines is 1. The molecule has 5 heterocycles. The van der Waals surface area contributed by atoms with Gasteiger partial charge in [-0.05, 0) is 85.9 Å². The highest BCUT2D eigenvalue weighted by Gasteiger charge is 2.27. The number of carbonyl (C=O) groups is 1. The van der Waals surface area contributed by atoms with Crippen LogP contribution < -0.4 is 10.1 Å². The van der Waals surface area contributed by atoms with Crippen LogP contribution in [0.3, 0.4) is 0 Å². The number of hydrogen-bond donors (Lipinski definition) is 2. The van der Waals surface area contributed by atoms with Gasteiger partial charge in [-0.15, -0.1) is 0 Å². The van der Waals surface area contributed by atoms with Crippen molar-refractivity contribution in [2.45, 2.75) is 57.9 Å². The fourth-order valence-corrected chi connectivity index (χ4v) is 6.58. The summed E-state index contributed by atoms with van der Waals surface area (Å²) >= 11 is 5.86. The van der Waals surface area contributed by atoms with Gasteiger partial charge in [-0.3, -0.25) is 14.8 Å². The molecule has 1 saturated heterocycles. The van der Waals surface area contributed by atoms with Crippen LogP contribution in [0.2, 0.25) is 5.02 Å². The van der Waals surface area contributed by atoms with Gasteiger partial charge in [0.15, 0.2) is 0 Å².